The van der Waals surface area contributed by atoms with Crippen LogP contribution in [0.1, 0.15) is 12.6 Å². The fourth-order valence-corrected chi connectivity index (χ4v) is 3.26. The highest BCUT2D eigenvalue weighted by Gasteiger charge is 2.24. The van der Waals surface area contributed by atoms with Gasteiger partial charge in [-0.15, -0.1) is 0 Å². The maximum absolute atomic E-state index is 11.7. The van der Waals surface area contributed by atoms with E-state index in [9.17, 15) is 10.1 Å². The van der Waals surface area contributed by atoms with Crippen LogP contribution in [-0.2, 0) is 6.42 Å². The number of benzene rings is 1. The van der Waals surface area contributed by atoms with Crippen molar-refractivity contribution in [1.82, 2.24) is 14.9 Å². The van der Waals surface area contributed by atoms with Gasteiger partial charge in [0.05, 0.1) is 10.6 Å². The van der Waals surface area contributed by atoms with Crippen LogP contribution in [0, 0.1) is 10.1 Å². The first-order valence-electron chi connectivity index (χ1n) is 8.54. The lowest BCUT2D eigenvalue weighted by atomic mass is 10.0. The van der Waals surface area contributed by atoms with Crippen molar-refractivity contribution in [2.75, 3.05) is 49.6 Å². The smallest absolute Gasteiger partial charge is 0.293 e. The predicted molar refractivity (Wildman–Crippen MR) is 102 cm³/mol. The van der Waals surface area contributed by atoms with Gasteiger partial charge in [0.15, 0.2) is 0 Å². The highest BCUT2D eigenvalue weighted by Crippen LogP contribution is 2.36. The third-order valence-electron chi connectivity index (χ3n) is 4.67. The second-order valence-corrected chi connectivity index (χ2v) is 6.39. The molecule has 138 valence electrons. The van der Waals surface area contributed by atoms with Gasteiger partial charge < -0.3 is 21.3 Å². The van der Waals surface area contributed by atoms with E-state index >= 15 is 0 Å². The van der Waals surface area contributed by atoms with Gasteiger partial charge in [0.1, 0.15) is 11.5 Å². The number of rotatable bonds is 4. The first-order chi connectivity index (χ1) is 12.4. The Bertz CT molecular complexity index is 832. The van der Waals surface area contributed by atoms with Crippen molar-refractivity contribution >= 4 is 23.1 Å². The molecule has 1 fully saturated rings. The molecule has 0 atom stereocenters. The number of aryl methyl sites for hydroxylation is 1. The average molecular weight is 357 g/mol. The molecule has 4 N–H and O–H groups in total. The SMILES string of the molecule is CCc1nc(N)nc(N)c1-c1ccc(N2CCN(C)CC2)c([N+](=O)[O-])c1. The van der Waals surface area contributed by atoms with E-state index < -0.39 is 0 Å². The number of hydrogen-bond acceptors (Lipinski definition) is 8. The molecule has 1 aromatic carbocycles. The first-order valence-corrected chi connectivity index (χ1v) is 8.54. The molecule has 3 rings (SSSR count). The van der Waals surface area contributed by atoms with Crippen LogP contribution in [0.3, 0.4) is 0 Å². The zero-order valence-corrected chi connectivity index (χ0v) is 15.0. The molecule has 26 heavy (non-hydrogen) atoms. The lowest BCUT2D eigenvalue weighted by Gasteiger charge is -2.33. The van der Waals surface area contributed by atoms with Crippen LogP contribution in [0.4, 0.5) is 23.1 Å². The molecule has 0 unspecified atom stereocenters. The minimum Gasteiger partial charge on any atom is -0.383 e. The Morgan fingerprint density at radius 1 is 1.19 bits per heavy atom. The number of hydrogen-bond donors (Lipinski definition) is 2. The molecule has 1 aromatic heterocycles. The monoisotopic (exact) mass is 357 g/mol. The number of nitrogens with two attached hydrogens (primary N) is 2. The van der Waals surface area contributed by atoms with Crippen molar-refractivity contribution in [2.24, 2.45) is 0 Å². The minimum atomic E-state index is -0.350. The molecule has 0 radical (unpaired) electrons. The number of anilines is 3. The third kappa shape index (κ3) is 3.38. The number of nitro benzene ring substituents is 1. The van der Waals surface area contributed by atoms with Crippen LogP contribution in [-0.4, -0.2) is 53.0 Å². The van der Waals surface area contributed by atoms with E-state index in [0.29, 0.717) is 28.9 Å². The number of aromatic nitrogens is 2. The fraction of sp³-hybridized carbons (Fsp3) is 0.412. The van der Waals surface area contributed by atoms with E-state index in [0.717, 1.165) is 26.2 Å². The van der Waals surface area contributed by atoms with Gasteiger partial charge in [-0.25, -0.2) is 4.98 Å². The number of piperazine rings is 1. The summed E-state index contributed by atoms with van der Waals surface area (Å²) in [5, 5.41) is 11.7. The van der Waals surface area contributed by atoms with Gasteiger partial charge in [0.2, 0.25) is 5.95 Å². The van der Waals surface area contributed by atoms with Crippen LogP contribution in [0.2, 0.25) is 0 Å². The fourth-order valence-electron chi connectivity index (χ4n) is 3.26. The van der Waals surface area contributed by atoms with Crippen molar-refractivity contribution in [1.29, 1.82) is 0 Å². The summed E-state index contributed by atoms with van der Waals surface area (Å²) in [7, 11) is 2.05. The van der Waals surface area contributed by atoms with Crippen molar-refractivity contribution in [3.05, 3.63) is 34.0 Å². The highest BCUT2D eigenvalue weighted by molar-refractivity contribution is 5.81. The lowest BCUT2D eigenvalue weighted by molar-refractivity contribution is -0.384. The summed E-state index contributed by atoms with van der Waals surface area (Å²) >= 11 is 0. The van der Waals surface area contributed by atoms with Crippen molar-refractivity contribution < 1.29 is 4.92 Å². The minimum absolute atomic E-state index is 0.0605. The topological polar surface area (TPSA) is 127 Å². The van der Waals surface area contributed by atoms with E-state index in [2.05, 4.69) is 14.9 Å². The summed E-state index contributed by atoms with van der Waals surface area (Å²) in [6.07, 6.45) is 0.597. The van der Waals surface area contributed by atoms with Gasteiger partial charge in [-0.05, 0) is 25.1 Å². The first kappa shape index (κ1) is 17.9. The van der Waals surface area contributed by atoms with Gasteiger partial charge in [-0.2, -0.15) is 4.98 Å². The van der Waals surface area contributed by atoms with Crippen molar-refractivity contribution in [3.8, 4) is 11.1 Å². The van der Waals surface area contributed by atoms with Crippen molar-refractivity contribution in [3.63, 3.8) is 0 Å². The Morgan fingerprint density at radius 3 is 2.50 bits per heavy atom. The van der Waals surface area contributed by atoms with E-state index in [1.807, 2.05) is 24.9 Å². The van der Waals surface area contributed by atoms with Gasteiger partial charge in [-0.3, -0.25) is 10.1 Å². The normalized spacial score (nSPS) is 15.2. The Morgan fingerprint density at radius 2 is 1.88 bits per heavy atom. The predicted octanol–water partition coefficient (Wildman–Crippen LogP) is 1.53. The zero-order valence-electron chi connectivity index (χ0n) is 15.0. The molecule has 1 aliphatic rings. The molecule has 0 amide bonds. The van der Waals surface area contributed by atoms with E-state index in [1.54, 1.807) is 12.1 Å². The van der Waals surface area contributed by atoms with Gasteiger partial charge in [0, 0.05) is 37.8 Å². The maximum Gasteiger partial charge on any atom is 0.293 e. The molecule has 9 heteroatoms. The second-order valence-electron chi connectivity index (χ2n) is 6.39. The molecule has 9 nitrogen and oxygen atoms in total. The van der Waals surface area contributed by atoms with Gasteiger partial charge in [0.25, 0.3) is 5.69 Å². The van der Waals surface area contributed by atoms with E-state index in [-0.39, 0.29) is 22.4 Å². The Hall–Kier alpha value is -2.94. The molecule has 2 aromatic rings. The van der Waals surface area contributed by atoms with Crippen LogP contribution >= 0.6 is 0 Å². The average Bonchev–Trinajstić information content (AvgIpc) is 2.61. The number of nitrogens with zero attached hydrogens (tertiary/aromatic N) is 5. The van der Waals surface area contributed by atoms with Crippen LogP contribution < -0.4 is 16.4 Å². The molecule has 0 saturated carbocycles. The summed E-state index contributed by atoms with van der Waals surface area (Å²) < 4.78 is 0. The standard InChI is InChI=1S/C17H23N7O2/c1-3-12-15(16(18)21-17(19)20-12)11-4-5-13(14(10-11)24(25)26)23-8-6-22(2)7-9-23/h4-5,10H,3,6-9H2,1-2H3,(H4,18,19,20,21). The summed E-state index contributed by atoms with van der Waals surface area (Å²) in [4.78, 5) is 23.8. The molecule has 0 bridgehead atoms. The number of likely N-dealkylation sites (N-methyl/N-ethyl adjacent to an activating group) is 1. The van der Waals surface area contributed by atoms with Crippen LogP contribution in [0.15, 0.2) is 18.2 Å². The molecular formula is C17H23N7O2. The molecule has 1 aliphatic heterocycles. The summed E-state index contributed by atoms with van der Waals surface area (Å²) in [6.45, 7) is 5.18. The Balaban J connectivity index is 2.06. The van der Waals surface area contributed by atoms with E-state index in [1.165, 1.54) is 0 Å². The van der Waals surface area contributed by atoms with Gasteiger partial charge >= 0.3 is 0 Å². The third-order valence-corrected chi connectivity index (χ3v) is 4.67. The molecule has 0 aliphatic carbocycles. The lowest BCUT2D eigenvalue weighted by Crippen LogP contribution is -2.44. The second kappa shape index (κ2) is 7.12. The Kier molecular flexibility index (Phi) is 4.90. The highest BCUT2D eigenvalue weighted by atomic mass is 16.6. The van der Waals surface area contributed by atoms with E-state index in [4.69, 9.17) is 11.5 Å². The summed E-state index contributed by atoms with van der Waals surface area (Å²) in [5.41, 5.74) is 14.3. The number of nitro groups is 1. The molecule has 2 heterocycles. The quantitative estimate of drug-likeness (QED) is 0.623. The summed E-state index contributed by atoms with van der Waals surface area (Å²) in [5.74, 6) is 0.336. The maximum atomic E-state index is 11.7. The zero-order chi connectivity index (χ0) is 18.8. The molecule has 1 saturated heterocycles. The Labute approximate surface area is 151 Å². The molecular weight excluding hydrogens is 334 g/mol. The van der Waals surface area contributed by atoms with Crippen LogP contribution in [0.5, 0.6) is 0 Å². The largest absolute Gasteiger partial charge is 0.383 e. The van der Waals surface area contributed by atoms with Crippen LogP contribution in [0.25, 0.3) is 11.1 Å². The van der Waals surface area contributed by atoms with Gasteiger partial charge in [-0.1, -0.05) is 13.0 Å². The van der Waals surface area contributed by atoms with Crippen molar-refractivity contribution in [2.45, 2.75) is 13.3 Å². The molecule has 0 spiro atoms. The number of nitrogen functional groups attached to an aromatic ring is 2. The summed E-state index contributed by atoms with van der Waals surface area (Å²) in [6, 6.07) is 5.18.